The van der Waals surface area contributed by atoms with Gasteiger partial charge in [-0.3, -0.25) is 9.48 Å². The summed E-state index contributed by atoms with van der Waals surface area (Å²) in [4.78, 5) is 10.3. The highest BCUT2D eigenvalue weighted by Gasteiger charge is 2.01. The zero-order valence-corrected chi connectivity index (χ0v) is 36.8. The topological polar surface area (TPSA) is 78.3 Å². The lowest BCUT2D eigenvalue weighted by molar-refractivity contribution is -0.120. The zero-order chi connectivity index (χ0) is 40.8. The van der Waals surface area contributed by atoms with Crippen LogP contribution >= 0.6 is 23.5 Å². The molecule has 0 bridgehead atoms. The molecule has 1 heterocycles. The van der Waals surface area contributed by atoms with Crippen molar-refractivity contribution in [3.63, 3.8) is 0 Å². The zero-order valence-electron chi connectivity index (χ0n) is 35.2. The number of nitrogens with one attached hydrogen (secondary N) is 1. The van der Waals surface area contributed by atoms with Gasteiger partial charge in [0.25, 0.3) is 0 Å². The van der Waals surface area contributed by atoms with Crippen molar-refractivity contribution in [2.75, 3.05) is 31.3 Å². The van der Waals surface area contributed by atoms with E-state index < -0.39 is 0 Å². The summed E-state index contributed by atoms with van der Waals surface area (Å²) in [5, 5.41) is 10.4. The molecule has 304 valence electrons. The van der Waals surface area contributed by atoms with Crippen LogP contribution < -0.4 is 5.32 Å². The lowest BCUT2D eigenvalue weighted by Gasteiger charge is -2.06. The monoisotopic (exact) mass is 798 g/mol. The van der Waals surface area contributed by atoms with Gasteiger partial charge >= 0.3 is 0 Å². The summed E-state index contributed by atoms with van der Waals surface area (Å²) in [6, 6.07) is 35.0. The minimum absolute atomic E-state index is 0.127. The van der Waals surface area contributed by atoms with Gasteiger partial charge in [0, 0.05) is 50.4 Å². The first-order valence-corrected chi connectivity index (χ1v) is 22.5. The molecule has 0 saturated carbocycles. The molecule has 0 spiro atoms. The lowest BCUT2D eigenvalue weighted by Crippen LogP contribution is -2.20. The van der Waals surface area contributed by atoms with Crippen LogP contribution in [0.25, 0.3) is 22.3 Å². The molecule has 0 aliphatic carbocycles. The number of aryl methyl sites for hydroxylation is 2. The number of aromatic nitrogens is 3. The Labute approximate surface area is 346 Å². The van der Waals surface area contributed by atoms with Crippen LogP contribution in [0, 0.1) is 0 Å². The second-order valence-corrected chi connectivity index (χ2v) is 15.1. The number of rotatable bonds is 18. The normalized spacial score (nSPS) is 10.3. The molecule has 0 fully saturated rings. The van der Waals surface area contributed by atoms with Crippen LogP contribution in [0.3, 0.4) is 0 Å². The van der Waals surface area contributed by atoms with Gasteiger partial charge in [0.2, 0.25) is 5.91 Å². The second-order valence-electron chi connectivity index (χ2n) is 12.6. The Hall–Kier alpha value is -3.89. The molecule has 7 nitrogen and oxygen atoms in total. The van der Waals surface area contributed by atoms with E-state index >= 15 is 0 Å². The third kappa shape index (κ3) is 19.8. The Morgan fingerprint density at radius 2 is 0.982 bits per heavy atom. The van der Waals surface area contributed by atoms with E-state index in [1.165, 1.54) is 56.0 Å². The van der Waals surface area contributed by atoms with Gasteiger partial charge in [-0.25, -0.2) is 0 Å². The molecule has 5 rings (SSSR count). The van der Waals surface area contributed by atoms with E-state index in [9.17, 15) is 4.79 Å². The van der Waals surface area contributed by atoms with Crippen LogP contribution in [0.5, 0.6) is 0 Å². The third-order valence-corrected chi connectivity index (χ3v) is 10.2. The standard InChI is InChI=1S/C18H22O2.C18H22S2.C6H11N3.C5H11NO/c2*1-3-19-13-15-5-9-17(10-6-15)18-11-7-16(8-12-18)14-20-4-2;1-3-6-5-9(4-2)8-7-6;1-3-5(7)6-4-2/h2*5-12H,3-4,13-14H2,1-2H3;5H,3-4H2,1-2H3;3-4H2,1-2H3,(H,6,7). The van der Waals surface area contributed by atoms with Gasteiger partial charge in [-0.1, -0.05) is 130 Å². The van der Waals surface area contributed by atoms with Gasteiger partial charge in [0.15, 0.2) is 0 Å². The molecule has 0 unspecified atom stereocenters. The van der Waals surface area contributed by atoms with Crippen molar-refractivity contribution in [2.24, 2.45) is 0 Å². The van der Waals surface area contributed by atoms with Gasteiger partial charge < -0.3 is 14.8 Å². The Kier molecular flexibility index (Phi) is 26.1. The number of hydrogen-bond acceptors (Lipinski definition) is 7. The van der Waals surface area contributed by atoms with Gasteiger partial charge in [0.1, 0.15) is 0 Å². The molecule has 1 amide bonds. The quantitative estimate of drug-likeness (QED) is 0.0946. The summed E-state index contributed by atoms with van der Waals surface area (Å²) in [5.41, 5.74) is 11.4. The van der Waals surface area contributed by atoms with Gasteiger partial charge in [0.05, 0.1) is 18.9 Å². The van der Waals surface area contributed by atoms with Crippen molar-refractivity contribution in [3.8, 4) is 22.3 Å². The highest BCUT2D eigenvalue weighted by Crippen LogP contribution is 2.24. The molecule has 0 radical (unpaired) electrons. The van der Waals surface area contributed by atoms with Crippen molar-refractivity contribution in [2.45, 2.75) is 99.5 Å². The first-order valence-electron chi connectivity index (χ1n) is 20.2. The van der Waals surface area contributed by atoms with Crippen molar-refractivity contribution in [1.29, 1.82) is 0 Å². The number of ether oxygens (including phenoxy) is 2. The van der Waals surface area contributed by atoms with Crippen LogP contribution in [-0.4, -0.2) is 52.2 Å². The minimum Gasteiger partial charge on any atom is -0.377 e. The largest absolute Gasteiger partial charge is 0.377 e. The Bertz CT molecular complexity index is 1490. The first-order chi connectivity index (χ1) is 27.3. The fourth-order valence-electron chi connectivity index (χ4n) is 5.03. The Balaban J connectivity index is 0.000000281. The fourth-order valence-corrected chi connectivity index (χ4v) is 6.30. The highest BCUT2D eigenvalue weighted by molar-refractivity contribution is 7.98. The molecule has 4 aromatic carbocycles. The van der Waals surface area contributed by atoms with Crippen molar-refractivity contribution >= 4 is 29.4 Å². The van der Waals surface area contributed by atoms with Crippen LogP contribution in [-0.2, 0) is 52.0 Å². The molecule has 1 N–H and O–H groups in total. The number of carbonyl (C=O) groups is 1. The maximum atomic E-state index is 10.3. The maximum Gasteiger partial charge on any atom is 0.219 e. The predicted octanol–water partition coefficient (Wildman–Crippen LogP) is 11.7. The Morgan fingerprint density at radius 1 is 0.589 bits per heavy atom. The number of hydrogen-bond donors (Lipinski definition) is 1. The van der Waals surface area contributed by atoms with E-state index in [2.05, 4.69) is 133 Å². The van der Waals surface area contributed by atoms with E-state index in [4.69, 9.17) is 9.47 Å². The molecule has 0 aliphatic heterocycles. The summed E-state index contributed by atoms with van der Waals surface area (Å²) >= 11 is 3.94. The smallest absolute Gasteiger partial charge is 0.219 e. The lowest BCUT2D eigenvalue weighted by atomic mass is 10.0. The third-order valence-electron chi connectivity index (χ3n) is 8.34. The second kappa shape index (κ2) is 30.3. The van der Waals surface area contributed by atoms with E-state index in [0.29, 0.717) is 19.6 Å². The van der Waals surface area contributed by atoms with Crippen LogP contribution in [0.2, 0.25) is 0 Å². The summed E-state index contributed by atoms with van der Waals surface area (Å²) in [6.45, 7) is 20.8. The number of amides is 1. The minimum atomic E-state index is 0.127. The van der Waals surface area contributed by atoms with Crippen molar-refractivity contribution in [1.82, 2.24) is 20.3 Å². The van der Waals surface area contributed by atoms with E-state index in [1.807, 2.05) is 69.0 Å². The fraction of sp³-hybridized carbons (Fsp3) is 0.426. The van der Waals surface area contributed by atoms with E-state index in [1.54, 1.807) is 0 Å². The summed E-state index contributed by atoms with van der Waals surface area (Å²) in [5.74, 6) is 4.72. The molecule has 1 aromatic heterocycles. The van der Waals surface area contributed by atoms with Crippen LogP contribution in [0.1, 0.15) is 89.8 Å². The van der Waals surface area contributed by atoms with Crippen molar-refractivity contribution in [3.05, 3.63) is 131 Å². The molecule has 0 atom stereocenters. The molecule has 5 aromatic rings. The number of nitrogens with zero attached hydrogens (tertiary/aromatic N) is 3. The Morgan fingerprint density at radius 3 is 1.23 bits per heavy atom. The summed E-state index contributed by atoms with van der Waals surface area (Å²) in [7, 11) is 0. The molecular weight excluding hydrogens is 733 g/mol. The molecule has 9 heteroatoms. The van der Waals surface area contributed by atoms with Crippen molar-refractivity contribution < 1.29 is 14.3 Å². The van der Waals surface area contributed by atoms with E-state index in [0.717, 1.165) is 49.9 Å². The number of thioether (sulfide) groups is 2. The van der Waals surface area contributed by atoms with Gasteiger partial charge in [-0.05, 0) is 90.1 Å². The summed E-state index contributed by atoms with van der Waals surface area (Å²) < 4.78 is 12.6. The number of carbonyl (C=O) groups excluding carboxylic acids is 1. The predicted molar refractivity (Wildman–Crippen MR) is 242 cm³/mol. The van der Waals surface area contributed by atoms with E-state index in [-0.39, 0.29) is 5.91 Å². The highest BCUT2D eigenvalue weighted by atomic mass is 32.2. The SMILES string of the molecule is CCNC(=O)CC.CCOCc1ccc(-c2ccc(COCC)cc2)cc1.CCSCc1ccc(-c2ccc(CSCC)cc2)cc1.CCc1cn(CC)nn1. The molecule has 0 aliphatic rings. The first kappa shape index (κ1) is 48.3. The average molecular weight is 799 g/mol. The van der Waals surface area contributed by atoms with Gasteiger partial charge in [-0.15, -0.1) is 5.10 Å². The number of benzene rings is 4. The molecule has 0 saturated heterocycles. The molecular formula is C47H66N4O3S2. The van der Waals surface area contributed by atoms with Gasteiger partial charge in [-0.2, -0.15) is 23.5 Å². The van der Waals surface area contributed by atoms with Crippen LogP contribution in [0.4, 0.5) is 0 Å². The average Bonchev–Trinajstić information content (AvgIpc) is 3.74. The molecule has 56 heavy (non-hydrogen) atoms. The van der Waals surface area contributed by atoms with Crippen LogP contribution in [0.15, 0.2) is 103 Å². The summed E-state index contributed by atoms with van der Waals surface area (Å²) in [6.07, 6.45) is 3.54. The maximum absolute atomic E-state index is 10.3.